The van der Waals surface area contributed by atoms with Gasteiger partial charge in [0.15, 0.2) is 4.77 Å². The van der Waals surface area contributed by atoms with Gasteiger partial charge in [0.25, 0.3) is 5.56 Å². The third kappa shape index (κ3) is 2.91. The summed E-state index contributed by atoms with van der Waals surface area (Å²) in [4.78, 5) is 18.1. The van der Waals surface area contributed by atoms with E-state index in [4.69, 9.17) is 12.2 Å². The molecule has 0 aliphatic heterocycles. The lowest BCUT2D eigenvalue weighted by Crippen LogP contribution is -2.20. The number of aromatic amines is 1. The van der Waals surface area contributed by atoms with Gasteiger partial charge >= 0.3 is 0 Å². The van der Waals surface area contributed by atoms with Gasteiger partial charge in [0.2, 0.25) is 0 Å². The average Bonchev–Trinajstić information content (AvgIpc) is 2.81. The van der Waals surface area contributed by atoms with Crippen molar-refractivity contribution in [3.8, 4) is 5.69 Å². The van der Waals surface area contributed by atoms with Gasteiger partial charge in [0, 0.05) is 4.88 Å². The van der Waals surface area contributed by atoms with E-state index in [0.717, 1.165) is 32.8 Å². The first-order valence-electron chi connectivity index (χ1n) is 7.87. The Bertz CT molecular complexity index is 962. The first-order chi connectivity index (χ1) is 11.0. The zero-order valence-corrected chi connectivity index (χ0v) is 15.2. The molecule has 1 N–H and O–H groups in total. The van der Waals surface area contributed by atoms with Crippen LogP contribution in [0.2, 0.25) is 0 Å². The molecule has 3 nitrogen and oxygen atoms in total. The van der Waals surface area contributed by atoms with Crippen LogP contribution in [0.15, 0.2) is 29.1 Å². The highest BCUT2D eigenvalue weighted by Crippen LogP contribution is 2.26. The molecule has 0 spiro atoms. The van der Waals surface area contributed by atoms with E-state index in [-0.39, 0.29) is 5.56 Å². The SMILES string of the molecule is CCCCc1ccc(-n2c(=S)[nH]c3sc(C)c(C)c3c2=O)cc1. The van der Waals surface area contributed by atoms with Crippen LogP contribution in [0.5, 0.6) is 0 Å². The van der Waals surface area contributed by atoms with Crippen LogP contribution in [0.25, 0.3) is 15.9 Å². The number of unbranched alkanes of at least 4 members (excludes halogenated alkanes) is 1. The zero-order chi connectivity index (χ0) is 16.6. The molecule has 0 saturated carbocycles. The molecule has 23 heavy (non-hydrogen) atoms. The fourth-order valence-corrected chi connectivity index (χ4v) is 4.16. The minimum absolute atomic E-state index is 0.0353. The number of fused-ring (bicyclic) bond motifs is 1. The second-order valence-corrected chi connectivity index (χ2v) is 7.44. The highest BCUT2D eigenvalue weighted by molar-refractivity contribution is 7.71. The summed E-state index contributed by atoms with van der Waals surface area (Å²) in [6, 6.07) is 8.14. The molecule has 120 valence electrons. The van der Waals surface area contributed by atoms with Gasteiger partial charge in [-0.3, -0.25) is 9.36 Å². The molecule has 0 amide bonds. The number of thiophene rings is 1. The van der Waals surface area contributed by atoms with Crippen molar-refractivity contribution in [3.63, 3.8) is 0 Å². The molecule has 0 saturated heterocycles. The molecule has 0 fully saturated rings. The minimum atomic E-state index is -0.0353. The molecule has 0 bridgehead atoms. The smallest absolute Gasteiger partial charge is 0.267 e. The molecule has 0 atom stereocenters. The van der Waals surface area contributed by atoms with Crippen LogP contribution in [0.3, 0.4) is 0 Å². The Morgan fingerprint density at radius 1 is 1.22 bits per heavy atom. The molecule has 1 aromatic carbocycles. The summed E-state index contributed by atoms with van der Waals surface area (Å²) in [5, 5.41) is 0.746. The molecule has 0 radical (unpaired) electrons. The third-order valence-corrected chi connectivity index (χ3v) is 5.65. The Hall–Kier alpha value is -1.72. The number of nitrogens with one attached hydrogen (secondary N) is 1. The monoisotopic (exact) mass is 344 g/mol. The Morgan fingerprint density at radius 3 is 2.57 bits per heavy atom. The van der Waals surface area contributed by atoms with E-state index < -0.39 is 0 Å². The van der Waals surface area contributed by atoms with Crippen molar-refractivity contribution >= 4 is 33.8 Å². The van der Waals surface area contributed by atoms with Gasteiger partial charge in [-0.25, -0.2) is 0 Å². The van der Waals surface area contributed by atoms with Gasteiger partial charge < -0.3 is 4.98 Å². The van der Waals surface area contributed by atoms with E-state index in [1.54, 1.807) is 15.9 Å². The lowest BCUT2D eigenvalue weighted by Gasteiger charge is -2.08. The van der Waals surface area contributed by atoms with E-state index in [9.17, 15) is 4.79 Å². The summed E-state index contributed by atoms with van der Waals surface area (Å²) in [7, 11) is 0. The van der Waals surface area contributed by atoms with Gasteiger partial charge in [0.1, 0.15) is 4.83 Å². The highest BCUT2D eigenvalue weighted by atomic mass is 32.1. The summed E-state index contributed by atoms with van der Waals surface area (Å²) in [5.41, 5.74) is 3.12. The third-order valence-electron chi connectivity index (χ3n) is 4.24. The van der Waals surface area contributed by atoms with Crippen LogP contribution in [0.1, 0.15) is 35.8 Å². The Kier molecular flexibility index (Phi) is 4.50. The van der Waals surface area contributed by atoms with Crippen molar-refractivity contribution in [3.05, 3.63) is 55.4 Å². The Morgan fingerprint density at radius 2 is 1.91 bits per heavy atom. The fraction of sp³-hybridized carbons (Fsp3) is 0.333. The number of aryl methyl sites for hydroxylation is 3. The van der Waals surface area contributed by atoms with Gasteiger partial charge in [-0.2, -0.15) is 0 Å². The van der Waals surface area contributed by atoms with Crippen LogP contribution < -0.4 is 5.56 Å². The van der Waals surface area contributed by atoms with E-state index in [1.165, 1.54) is 18.4 Å². The summed E-state index contributed by atoms with van der Waals surface area (Å²) in [6.07, 6.45) is 3.43. The summed E-state index contributed by atoms with van der Waals surface area (Å²) >= 11 is 7.01. The number of nitrogens with zero attached hydrogens (tertiary/aromatic N) is 1. The van der Waals surface area contributed by atoms with E-state index >= 15 is 0 Å². The predicted octanol–water partition coefficient (Wildman–Crippen LogP) is 5.07. The average molecular weight is 345 g/mol. The summed E-state index contributed by atoms with van der Waals surface area (Å²) in [5.74, 6) is 0. The van der Waals surface area contributed by atoms with Crippen LogP contribution in [-0.2, 0) is 6.42 Å². The van der Waals surface area contributed by atoms with Crippen LogP contribution in [-0.4, -0.2) is 9.55 Å². The molecule has 0 unspecified atom stereocenters. The van der Waals surface area contributed by atoms with Gasteiger partial charge in [-0.05, 0) is 62.2 Å². The zero-order valence-electron chi connectivity index (χ0n) is 13.6. The van der Waals surface area contributed by atoms with Crippen molar-refractivity contribution in [1.82, 2.24) is 9.55 Å². The van der Waals surface area contributed by atoms with E-state index in [0.29, 0.717) is 4.77 Å². The number of aromatic nitrogens is 2. The van der Waals surface area contributed by atoms with Crippen LogP contribution >= 0.6 is 23.6 Å². The largest absolute Gasteiger partial charge is 0.323 e. The first kappa shape index (κ1) is 16.1. The van der Waals surface area contributed by atoms with Crippen molar-refractivity contribution in [1.29, 1.82) is 0 Å². The standard InChI is InChI=1S/C18H20N2OS2/c1-4-5-6-13-7-9-14(10-8-13)20-17(21)15-11(2)12(3)23-16(15)19-18(20)22/h7-10H,4-6H2,1-3H3,(H,19,22). The second-order valence-electron chi connectivity index (χ2n) is 5.83. The maximum absolute atomic E-state index is 12.9. The molecule has 3 rings (SSSR count). The molecule has 0 aliphatic carbocycles. The number of hydrogen-bond donors (Lipinski definition) is 1. The van der Waals surface area contributed by atoms with Crippen LogP contribution in [0, 0.1) is 18.6 Å². The summed E-state index contributed by atoms with van der Waals surface area (Å²) < 4.78 is 2.05. The maximum atomic E-state index is 12.9. The fourth-order valence-electron chi connectivity index (χ4n) is 2.76. The van der Waals surface area contributed by atoms with E-state index in [1.807, 2.05) is 26.0 Å². The van der Waals surface area contributed by atoms with Crippen molar-refractivity contribution < 1.29 is 0 Å². The van der Waals surface area contributed by atoms with Crippen molar-refractivity contribution in [2.75, 3.05) is 0 Å². The molecule has 3 aromatic rings. The Labute approximate surface area is 144 Å². The quantitative estimate of drug-likeness (QED) is 0.671. The van der Waals surface area contributed by atoms with E-state index in [2.05, 4.69) is 24.0 Å². The minimum Gasteiger partial charge on any atom is -0.323 e. The van der Waals surface area contributed by atoms with Crippen molar-refractivity contribution in [2.45, 2.75) is 40.0 Å². The lowest BCUT2D eigenvalue weighted by molar-refractivity contribution is 0.794. The molecule has 2 heterocycles. The molecule has 0 aliphatic rings. The second kappa shape index (κ2) is 6.42. The number of benzene rings is 1. The van der Waals surface area contributed by atoms with Crippen molar-refractivity contribution in [2.24, 2.45) is 0 Å². The molecular weight excluding hydrogens is 324 g/mol. The maximum Gasteiger partial charge on any atom is 0.267 e. The summed E-state index contributed by atoms with van der Waals surface area (Å²) in [6.45, 7) is 6.21. The van der Waals surface area contributed by atoms with Gasteiger partial charge in [-0.15, -0.1) is 11.3 Å². The van der Waals surface area contributed by atoms with Crippen LogP contribution in [0.4, 0.5) is 0 Å². The van der Waals surface area contributed by atoms with Gasteiger partial charge in [0.05, 0.1) is 11.1 Å². The molecule has 2 aromatic heterocycles. The number of H-pyrrole nitrogens is 1. The normalized spacial score (nSPS) is 11.3. The first-order valence-corrected chi connectivity index (χ1v) is 9.09. The molecule has 5 heteroatoms. The lowest BCUT2D eigenvalue weighted by atomic mass is 10.1. The highest BCUT2D eigenvalue weighted by Gasteiger charge is 2.13. The number of hydrogen-bond acceptors (Lipinski definition) is 3. The Balaban J connectivity index is 2.14. The topological polar surface area (TPSA) is 37.8 Å². The molecular formula is C18H20N2OS2. The van der Waals surface area contributed by atoms with Gasteiger partial charge in [-0.1, -0.05) is 25.5 Å². The number of rotatable bonds is 4. The predicted molar refractivity (Wildman–Crippen MR) is 101 cm³/mol.